The van der Waals surface area contributed by atoms with Crippen LogP contribution >= 0.6 is 23.2 Å². The summed E-state index contributed by atoms with van der Waals surface area (Å²) in [6.45, 7) is 2.02. The lowest BCUT2D eigenvalue weighted by Crippen LogP contribution is -2.15. The maximum absolute atomic E-state index is 11.9. The first kappa shape index (κ1) is 11.9. The molecule has 0 radical (unpaired) electrons. The van der Waals surface area contributed by atoms with Gasteiger partial charge in [0.25, 0.3) is 0 Å². The molecule has 16 heavy (non-hydrogen) atoms. The van der Waals surface area contributed by atoms with Gasteiger partial charge in [-0.1, -0.05) is 36.2 Å². The minimum Gasteiger partial charge on any atom is -0.299 e. The fourth-order valence-electron chi connectivity index (χ4n) is 1.87. The van der Waals surface area contributed by atoms with Crippen molar-refractivity contribution in [2.75, 3.05) is 0 Å². The smallest absolute Gasteiger partial charge is 0.140 e. The molecule has 3 heteroatoms. The monoisotopic (exact) mass is 256 g/mol. The van der Waals surface area contributed by atoms with Crippen molar-refractivity contribution in [2.24, 2.45) is 11.8 Å². The Morgan fingerprint density at radius 2 is 2.12 bits per heavy atom. The molecule has 2 rings (SSSR count). The van der Waals surface area contributed by atoms with Gasteiger partial charge in [0.1, 0.15) is 5.78 Å². The van der Waals surface area contributed by atoms with Crippen LogP contribution in [0.5, 0.6) is 0 Å². The van der Waals surface area contributed by atoms with E-state index >= 15 is 0 Å². The molecule has 1 saturated carbocycles. The maximum Gasteiger partial charge on any atom is 0.140 e. The normalized spacial score (nSPS) is 17.2. The van der Waals surface area contributed by atoms with Gasteiger partial charge in [0.15, 0.2) is 0 Å². The van der Waals surface area contributed by atoms with Crippen molar-refractivity contribution in [3.8, 4) is 0 Å². The third-order valence-electron chi connectivity index (χ3n) is 3.22. The van der Waals surface area contributed by atoms with E-state index in [1.807, 2.05) is 13.0 Å². The summed E-state index contributed by atoms with van der Waals surface area (Å²) in [7, 11) is 0. The number of hydrogen-bond donors (Lipinski definition) is 0. The number of rotatable bonds is 4. The molecule has 1 atom stereocenters. The third-order valence-corrected chi connectivity index (χ3v) is 3.80. The molecule has 1 nitrogen and oxygen atoms in total. The molecule has 0 saturated heterocycles. The van der Waals surface area contributed by atoms with Crippen LogP contribution in [-0.4, -0.2) is 5.78 Å². The standard InChI is InChI=1S/C13H14Cl2O/c1-8(9-2-3-9)13(16)6-10-4-5-11(14)7-12(10)15/h4-5,7-9H,2-3,6H2,1H3. The van der Waals surface area contributed by atoms with E-state index in [-0.39, 0.29) is 11.7 Å². The Bertz CT molecular complexity index is 410. The zero-order chi connectivity index (χ0) is 11.7. The minimum absolute atomic E-state index is 0.173. The summed E-state index contributed by atoms with van der Waals surface area (Å²) in [4.78, 5) is 11.9. The lowest BCUT2D eigenvalue weighted by atomic mass is 9.95. The first-order valence-corrected chi connectivity index (χ1v) is 6.30. The van der Waals surface area contributed by atoms with Crippen LogP contribution in [-0.2, 0) is 11.2 Å². The topological polar surface area (TPSA) is 17.1 Å². The van der Waals surface area contributed by atoms with Crippen LogP contribution in [0.25, 0.3) is 0 Å². The second kappa shape index (κ2) is 4.77. The van der Waals surface area contributed by atoms with Crippen LogP contribution in [0.15, 0.2) is 18.2 Å². The minimum atomic E-state index is 0.173. The molecule has 1 aliphatic carbocycles. The molecule has 0 aliphatic heterocycles. The highest BCUT2D eigenvalue weighted by atomic mass is 35.5. The first-order chi connectivity index (χ1) is 7.58. The number of benzene rings is 1. The average Bonchev–Trinajstić information content (AvgIpc) is 3.04. The average molecular weight is 257 g/mol. The van der Waals surface area contributed by atoms with E-state index in [0.717, 1.165) is 5.56 Å². The number of carbonyl (C=O) groups excluding carboxylic acids is 1. The van der Waals surface area contributed by atoms with E-state index < -0.39 is 0 Å². The van der Waals surface area contributed by atoms with Gasteiger partial charge in [0, 0.05) is 22.4 Å². The highest BCUT2D eigenvalue weighted by Crippen LogP contribution is 2.37. The quantitative estimate of drug-likeness (QED) is 0.791. The number of carbonyl (C=O) groups is 1. The Labute approximate surface area is 106 Å². The highest BCUT2D eigenvalue weighted by molar-refractivity contribution is 6.35. The van der Waals surface area contributed by atoms with Crippen molar-refractivity contribution >= 4 is 29.0 Å². The number of ketones is 1. The molecule has 0 N–H and O–H groups in total. The number of Topliss-reactive ketones (excluding diaryl/α,β-unsaturated/α-hetero) is 1. The molecule has 1 aliphatic rings. The fourth-order valence-corrected chi connectivity index (χ4v) is 2.35. The Balaban J connectivity index is 2.05. The van der Waals surface area contributed by atoms with Crippen LogP contribution in [0.2, 0.25) is 10.0 Å². The van der Waals surface area contributed by atoms with Crippen LogP contribution in [0, 0.1) is 11.8 Å². The molecule has 1 aromatic carbocycles. The third kappa shape index (κ3) is 2.78. The zero-order valence-corrected chi connectivity index (χ0v) is 10.7. The van der Waals surface area contributed by atoms with Gasteiger partial charge in [-0.2, -0.15) is 0 Å². The Morgan fingerprint density at radius 1 is 1.44 bits per heavy atom. The lowest BCUT2D eigenvalue weighted by Gasteiger charge is -2.09. The predicted molar refractivity (Wildman–Crippen MR) is 67.1 cm³/mol. The van der Waals surface area contributed by atoms with Crippen molar-refractivity contribution in [1.82, 2.24) is 0 Å². The highest BCUT2D eigenvalue weighted by Gasteiger charge is 2.32. The molecule has 1 unspecified atom stereocenters. The van der Waals surface area contributed by atoms with Gasteiger partial charge in [-0.3, -0.25) is 4.79 Å². The summed E-state index contributed by atoms with van der Waals surface area (Å²) in [5, 5.41) is 1.19. The second-order valence-electron chi connectivity index (χ2n) is 4.50. The van der Waals surface area contributed by atoms with Crippen molar-refractivity contribution < 1.29 is 4.79 Å². The molecular weight excluding hydrogens is 243 g/mol. The van der Waals surface area contributed by atoms with Crippen molar-refractivity contribution in [2.45, 2.75) is 26.2 Å². The SMILES string of the molecule is CC(C(=O)Cc1ccc(Cl)cc1Cl)C1CC1. The summed E-state index contributed by atoms with van der Waals surface area (Å²) in [6, 6.07) is 5.30. The van der Waals surface area contributed by atoms with Crippen molar-refractivity contribution in [3.05, 3.63) is 33.8 Å². The van der Waals surface area contributed by atoms with E-state index in [9.17, 15) is 4.79 Å². The lowest BCUT2D eigenvalue weighted by molar-refractivity contribution is -0.122. The zero-order valence-electron chi connectivity index (χ0n) is 9.17. The predicted octanol–water partition coefficient (Wildman–Crippen LogP) is 4.15. The van der Waals surface area contributed by atoms with Crippen molar-refractivity contribution in [3.63, 3.8) is 0 Å². The second-order valence-corrected chi connectivity index (χ2v) is 5.35. The van der Waals surface area contributed by atoms with Crippen LogP contribution in [0.1, 0.15) is 25.3 Å². The van der Waals surface area contributed by atoms with E-state index in [4.69, 9.17) is 23.2 Å². The van der Waals surface area contributed by atoms with Crippen molar-refractivity contribution in [1.29, 1.82) is 0 Å². The molecule has 0 aromatic heterocycles. The Morgan fingerprint density at radius 3 is 2.69 bits per heavy atom. The molecular formula is C13H14Cl2O. The summed E-state index contributed by atoms with van der Waals surface area (Å²) in [5.74, 6) is 1.07. The number of halogens is 2. The summed E-state index contributed by atoms with van der Waals surface area (Å²) >= 11 is 11.8. The summed E-state index contributed by atoms with van der Waals surface area (Å²) in [5.41, 5.74) is 0.878. The molecule has 0 amide bonds. The molecule has 0 heterocycles. The maximum atomic E-state index is 11.9. The largest absolute Gasteiger partial charge is 0.299 e. The van der Waals surface area contributed by atoms with E-state index in [2.05, 4.69) is 0 Å². The molecule has 1 aromatic rings. The van der Waals surface area contributed by atoms with E-state index in [0.29, 0.717) is 22.4 Å². The van der Waals surface area contributed by atoms with E-state index in [1.165, 1.54) is 12.8 Å². The van der Waals surface area contributed by atoms with Gasteiger partial charge in [0.2, 0.25) is 0 Å². The van der Waals surface area contributed by atoms with Gasteiger partial charge in [-0.25, -0.2) is 0 Å². The van der Waals surface area contributed by atoms with Crippen LogP contribution < -0.4 is 0 Å². The first-order valence-electron chi connectivity index (χ1n) is 5.54. The Hall–Kier alpha value is -0.530. The molecule has 0 bridgehead atoms. The van der Waals surface area contributed by atoms with Crippen LogP contribution in [0.4, 0.5) is 0 Å². The molecule has 0 spiro atoms. The van der Waals surface area contributed by atoms with Crippen LogP contribution in [0.3, 0.4) is 0 Å². The van der Waals surface area contributed by atoms with Gasteiger partial charge < -0.3 is 0 Å². The fraction of sp³-hybridized carbons (Fsp3) is 0.462. The van der Waals surface area contributed by atoms with Gasteiger partial charge in [-0.05, 0) is 36.5 Å². The molecule has 86 valence electrons. The van der Waals surface area contributed by atoms with Gasteiger partial charge >= 0.3 is 0 Å². The number of hydrogen-bond acceptors (Lipinski definition) is 1. The summed E-state index contributed by atoms with van der Waals surface area (Å²) < 4.78 is 0. The van der Waals surface area contributed by atoms with E-state index in [1.54, 1.807) is 12.1 Å². The Kier molecular flexibility index (Phi) is 3.56. The summed E-state index contributed by atoms with van der Waals surface area (Å²) in [6.07, 6.45) is 2.82. The van der Waals surface area contributed by atoms with Gasteiger partial charge in [-0.15, -0.1) is 0 Å². The van der Waals surface area contributed by atoms with Gasteiger partial charge in [0.05, 0.1) is 0 Å². The molecule has 1 fully saturated rings.